The Morgan fingerprint density at radius 2 is 1.86 bits per heavy atom. The number of amides is 1. The molecular formula is C16H17ClN2O3. The highest BCUT2D eigenvalue weighted by molar-refractivity contribution is 6.30. The largest absolute Gasteiger partial charge is 0.494 e. The number of halogens is 1. The molecule has 1 amide bonds. The van der Waals surface area contributed by atoms with Gasteiger partial charge >= 0.3 is 0 Å². The molecule has 2 rings (SSSR count). The summed E-state index contributed by atoms with van der Waals surface area (Å²) in [6.07, 6.45) is 0. The molecule has 3 N–H and O–H groups in total. The van der Waals surface area contributed by atoms with E-state index in [0.29, 0.717) is 28.8 Å². The van der Waals surface area contributed by atoms with Crippen LogP contribution in [0.25, 0.3) is 0 Å². The molecule has 0 aliphatic carbocycles. The van der Waals surface area contributed by atoms with Gasteiger partial charge < -0.3 is 20.5 Å². The van der Waals surface area contributed by atoms with Crippen LogP contribution in [-0.4, -0.2) is 19.1 Å². The summed E-state index contributed by atoms with van der Waals surface area (Å²) in [5.41, 5.74) is 5.73. The molecule has 0 atom stereocenters. The summed E-state index contributed by atoms with van der Waals surface area (Å²) in [5, 5.41) is 3.43. The van der Waals surface area contributed by atoms with Crippen LogP contribution in [0.15, 0.2) is 42.5 Å². The molecule has 0 saturated carbocycles. The number of ether oxygens (including phenoxy) is 2. The van der Waals surface area contributed by atoms with E-state index >= 15 is 0 Å². The second kappa shape index (κ2) is 7.56. The van der Waals surface area contributed by atoms with Crippen molar-refractivity contribution in [1.29, 1.82) is 0 Å². The van der Waals surface area contributed by atoms with Gasteiger partial charge in [0.1, 0.15) is 11.5 Å². The number of benzene rings is 2. The highest BCUT2D eigenvalue weighted by Crippen LogP contribution is 2.32. The minimum absolute atomic E-state index is 0.0000198. The van der Waals surface area contributed by atoms with Crippen LogP contribution >= 0.6 is 11.6 Å². The number of carbonyl (C=O) groups is 1. The van der Waals surface area contributed by atoms with Crippen molar-refractivity contribution in [2.24, 2.45) is 5.73 Å². The molecule has 0 saturated heterocycles. The van der Waals surface area contributed by atoms with Crippen LogP contribution in [0.3, 0.4) is 0 Å². The van der Waals surface area contributed by atoms with Crippen LogP contribution in [0.4, 0.5) is 5.69 Å². The molecule has 0 radical (unpaired) electrons. The van der Waals surface area contributed by atoms with Crippen molar-refractivity contribution in [3.63, 3.8) is 0 Å². The minimum atomic E-state index is -0.466. The number of primary amides is 1. The van der Waals surface area contributed by atoms with Gasteiger partial charge in [-0.05, 0) is 49.4 Å². The molecule has 116 valence electrons. The van der Waals surface area contributed by atoms with Crippen molar-refractivity contribution < 1.29 is 14.3 Å². The predicted molar refractivity (Wildman–Crippen MR) is 86.8 cm³/mol. The Labute approximate surface area is 134 Å². The van der Waals surface area contributed by atoms with Gasteiger partial charge in [-0.2, -0.15) is 0 Å². The lowest BCUT2D eigenvalue weighted by Crippen LogP contribution is -2.21. The smallest absolute Gasteiger partial charge is 0.236 e. The van der Waals surface area contributed by atoms with Crippen molar-refractivity contribution in [2.45, 2.75) is 6.92 Å². The van der Waals surface area contributed by atoms with E-state index in [2.05, 4.69) is 5.32 Å². The second-order valence-electron chi connectivity index (χ2n) is 4.47. The molecule has 5 nitrogen and oxygen atoms in total. The molecule has 0 unspecified atom stereocenters. The maximum atomic E-state index is 10.9. The van der Waals surface area contributed by atoms with Crippen molar-refractivity contribution in [1.82, 2.24) is 0 Å². The molecule has 0 fully saturated rings. The zero-order valence-electron chi connectivity index (χ0n) is 12.1. The summed E-state index contributed by atoms with van der Waals surface area (Å²) in [6, 6.07) is 12.4. The Bertz CT molecular complexity index is 644. The van der Waals surface area contributed by atoms with E-state index in [1.54, 1.807) is 30.3 Å². The van der Waals surface area contributed by atoms with Gasteiger partial charge in [-0.25, -0.2) is 0 Å². The van der Waals surface area contributed by atoms with E-state index < -0.39 is 5.91 Å². The maximum Gasteiger partial charge on any atom is 0.236 e. The molecule has 0 aliphatic heterocycles. The van der Waals surface area contributed by atoms with Gasteiger partial charge in [0, 0.05) is 5.02 Å². The summed E-state index contributed by atoms with van der Waals surface area (Å²) in [4.78, 5) is 10.9. The number of anilines is 1. The summed E-state index contributed by atoms with van der Waals surface area (Å²) in [6.45, 7) is 2.54. The third kappa shape index (κ3) is 4.56. The van der Waals surface area contributed by atoms with Crippen LogP contribution in [0.5, 0.6) is 17.2 Å². The molecule has 0 bridgehead atoms. The zero-order chi connectivity index (χ0) is 15.9. The topological polar surface area (TPSA) is 73.6 Å². The lowest BCUT2D eigenvalue weighted by molar-refractivity contribution is -0.116. The molecule has 0 spiro atoms. The van der Waals surface area contributed by atoms with E-state index in [4.69, 9.17) is 26.8 Å². The Morgan fingerprint density at radius 3 is 2.50 bits per heavy atom. The van der Waals surface area contributed by atoms with Crippen LogP contribution < -0.4 is 20.5 Å². The third-order valence-electron chi connectivity index (χ3n) is 2.76. The average Bonchev–Trinajstić information content (AvgIpc) is 2.49. The fourth-order valence-corrected chi connectivity index (χ4v) is 1.98. The fourth-order valence-electron chi connectivity index (χ4n) is 1.81. The summed E-state index contributed by atoms with van der Waals surface area (Å²) in [7, 11) is 0. The van der Waals surface area contributed by atoms with Gasteiger partial charge in [-0.15, -0.1) is 0 Å². The Balaban J connectivity index is 2.15. The number of hydrogen-bond donors (Lipinski definition) is 2. The molecule has 22 heavy (non-hydrogen) atoms. The van der Waals surface area contributed by atoms with Crippen molar-refractivity contribution in [3.8, 4) is 17.2 Å². The first-order valence-electron chi connectivity index (χ1n) is 6.81. The first-order valence-corrected chi connectivity index (χ1v) is 7.18. The number of carbonyl (C=O) groups excluding carboxylic acids is 1. The number of hydrogen-bond acceptors (Lipinski definition) is 4. The first kappa shape index (κ1) is 16.0. The summed E-state index contributed by atoms with van der Waals surface area (Å²) < 4.78 is 11.2. The predicted octanol–water partition coefficient (Wildman–Crippen LogP) is 3.43. The molecule has 2 aromatic rings. The van der Waals surface area contributed by atoms with Crippen LogP contribution in [0.2, 0.25) is 5.02 Å². The van der Waals surface area contributed by atoms with Crippen molar-refractivity contribution in [2.75, 3.05) is 18.5 Å². The summed E-state index contributed by atoms with van der Waals surface area (Å²) in [5.74, 6) is 1.51. The quantitative estimate of drug-likeness (QED) is 0.819. The van der Waals surface area contributed by atoms with Crippen LogP contribution in [0.1, 0.15) is 6.92 Å². The molecule has 6 heteroatoms. The van der Waals surface area contributed by atoms with E-state index in [9.17, 15) is 4.79 Å². The number of nitrogens with one attached hydrogen (secondary N) is 1. The van der Waals surface area contributed by atoms with Crippen LogP contribution in [0, 0.1) is 0 Å². The standard InChI is InChI=1S/C16H17ClN2O3/c1-2-21-12-4-6-13(7-5-12)22-15-8-3-11(17)9-14(15)19-10-16(18)20/h3-9,19H,2,10H2,1H3,(H2,18,20). The molecular weight excluding hydrogens is 304 g/mol. The van der Waals surface area contributed by atoms with Gasteiger partial charge in [0.25, 0.3) is 0 Å². The van der Waals surface area contributed by atoms with Crippen molar-refractivity contribution in [3.05, 3.63) is 47.5 Å². The van der Waals surface area contributed by atoms with Gasteiger partial charge in [-0.3, -0.25) is 4.79 Å². The van der Waals surface area contributed by atoms with Gasteiger partial charge in [0.05, 0.1) is 18.8 Å². The molecule has 2 aromatic carbocycles. The highest BCUT2D eigenvalue weighted by Gasteiger charge is 2.07. The van der Waals surface area contributed by atoms with Crippen molar-refractivity contribution >= 4 is 23.2 Å². The Hall–Kier alpha value is -2.40. The normalized spacial score (nSPS) is 10.1. The van der Waals surface area contributed by atoms with E-state index in [0.717, 1.165) is 5.75 Å². The second-order valence-corrected chi connectivity index (χ2v) is 4.90. The number of rotatable bonds is 7. The van der Waals surface area contributed by atoms with E-state index in [1.807, 2.05) is 19.1 Å². The Morgan fingerprint density at radius 1 is 1.18 bits per heavy atom. The monoisotopic (exact) mass is 320 g/mol. The fraction of sp³-hybridized carbons (Fsp3) is 0.188. The number of nitrogens with two attached hydrogens (primary N) is 1. The first-order chi connectivity index (χ1) is 10.6. The Kier molecular flexibility index (Phi) is 5.49. The third-order valence-corrected chi connectivity index (χ3v) is 2.99. The minimum Gasteiger partial charge on any atom is -0.494 e. The molecule has 0 aliphatic rings. The molecule has 0 aromatic heterocycles. The van der Waals surface area contributed by atoms with E-state index in [1.165, 1.54) is 0 Å². The van der Waals surface area contributed by atoms with Gasteiger partial charge in [0.15, 0.2) is 5.75 Å². The van der Waals surface area contributed by atoms with E-state index in [-0.39, 0.29) is 6.54 Å². The van der Waals surface area contributed by atoms with Gasteiger partial charge in [0.2, 0.25) is 5.91 Å². The average molecular weight is 321 g/mol. The van der Waals surface area contributed by atoms with Gasteiger partial charge in [-0.1, -0.05) is 11.6 Å². The lowest BCUT2D eigenvalue weighted by Gasteiger charge is -2.13. The lowest BCUT2D eigenvalue weighted by atomic mass is 10.2. The van der Waals surface area contributed by atoms with Crippen LogP contribution in [-0.2, 0) is 4.79 Å². The summed E-state index contributed by atoms with van der Waals surface area (Å²) >= 11 is 5.96. The SMILES string of the molecule is CCOc1ccc(Oc2ccc(Cl)cc2NCC(N)=O)cc1. The highest BCUT2D eigenvalue weighted by atomic mass is 35.5. The molecule has 0 heterocycles. The maximum absolute atomic E-state index is 10.9. The zero-order valence-corrected chi connectivity index (χ0v) is 12.9.